The SMILES string of the molecule is CN(C)c1ccc(NC2C[C@@H]3c4cccc5[nH]cc(c45)C[C@H]3N(C)C2)cn1. The van der Waals surface area contributed by atoms with Crippen LogP contribution in [0.3, 0.4) is 0 Å². The summed E-state index contributed by atoms with van der Waals surface area (Å²) in [6.45, 7) is 1.06. The fourth-order valence-electron chi connectivity index (χ4n) is 5.02. The van der Waals surface area contributed by atoms with Crippen molar-refractivity contribution in [3.05, 3.63) is 53.9 Å². The van der Waals surface area contributed by atoms with Crippen LogP contribution < -0.4 is 10.2 Å². The molecule has 27 heavy (non-hydrogen) atoms. The maximum atomic E-state index is 4.54. The van der Waals surface area contributed by atoms with Crippen LogP contribution in [0.25, 0.3) is 10.9 Å². The first-order valence-electron chi connectivity index (χ1n) is 9.79. The zero-order valence-corrected chi connectivity index (χ0v) is 16.2. The minimum absolute atomic E-state index is 0.430. The summed E-state index contributed by atoms with van der Waals surface area (Å²) in [5.41, 5.74) is 5.37. The van der Waals surface area contributed by atoms with E-state index in [1.165, 1.54) is 22.0 Å². The van der Waals surface area contributed by atoms with Crippen LogP contribution in [0.5, 0.6) is 0 Å². The van der Waals surface area contributed by atoms with Crippen molar-refractivity contribution in [3.8, 4) is 0 Å². The normalized spacial score (nSPS) is 24.6. The number of hydrogen-bond acceptors (Lipinski definition) is 4. The molecule has 0 saturated carbocycles. The number of hydrogen-bond donors (Lipinski definition) is 2. The van der Waals surface area contributed by atoms with E-state index in [9.17, 15) is 0 Å². The minimum atomic E-state index is 0.430. The van der Waals surface area contributed by atoms with Crippen molar-refractivity contribution in [1.29, 1.82) is 0 Å². The molecule has 2 aliphatic rings. The summed E-state index contributed by atoms with van der Waals surface area (Å²) >= 11 is 0. The Morgan fingerprint density at radius 2 is 2.11 bits per heavy atom. The highest BCUT2D eigenvalue weighted by Gasteiger charge is 2.39. The van der Waals surface area contributed by atoms with Gasteiger partial charge in [0.15, 0.2) is 0 Å². The standard InChI is InChI=1S/C22H27N5/c1-26(2)21-8-7-15(12-24-21)25-16-10-18-17-5-4-6-19-22(17)14(11-23-19)9-20(18)27(3)13-16/h4-8,11-12,16,18,20,23,25H,9-10,13H2,1-3H3/t16?,18-,20-/m1/s1. The molecule has 3 aromatic rings. The van der Waals surface area contributed by atoms with Crippen LogP contribution in [0.15, 0.2) is 42.7 Å². The molecule has 140 valence electrons. The lowest BCUT2D eigenvalue weighted by molar-refractivity contribution is 0.147. The number of piperidine rings is 1. The second-order valence-electron chi connectivity index (χ2n) is 8.28. The van der Waals surface area contributed by atoms with E-state index in [2.05, 4.69) is 63.8 Å². The van der Waals surface area contributed by atoms with E-state index < -0.39 is 0 Å². The van der Waals surface area contributed by atoms with Crippen molar-refractivity contribution in [3.63, 3.8) is 0 Å². The lowest BCUT2D eigenvalue weighted by Gasteiger charge is -2.46. The van der Waals surface area contributed by atoms with Gasteiger partial charge in [0.05, 0.1) is 11.9 Å². The van der Waals surface area contributed by atoms with Crippen LogP contribution in [0, 0.1) is 0 Å². The number of pyridine rings is 1. The number of rotatable bonds is 3. The fraction of sp³-hybridized carbons (Fsp3) is 0.409. The molecule has 1 aliphatic heterocycles. The van der Waals surface area contributed by atoms with Gasteiger partial charge in [0, 0.05) is 55.7 Å². The Hall–Kier alpha value is -2.53. The fourth-order valence-corrected chi connectivity index (χ4v) is 5.02. The number of benzene rings is 1. The third-order valence-corrected chi connectivity index (χ3v) is 6.30. The number of fused-ring (bicyclic) bond motifs is 2. The molecule has 1 aromatic carbocycles. The molecule has 1 unspecified atom stereocenters. The quantitative estimate of drug-likeness (QED) is 0.750. The minimum Gasteiger partial charge on any atom is -0.380 e. The second-order valence-corrected chi connectivity index (χ2v) is 8.28. The molecule has 2 N–H and O–H groups in total. The monoisotopic (exact) mass is 361 g/mol. The Morgan fingerprint density at radius 1 is 1.22 bits per heavy atom. The molecule has 5 heteroatoms. The zero-order valence-electron chi connectivity index (χ0n) is 16.2. The second kappa shape index (κ2) is 6.27. The number of nitrogens with one attached hydrogen (secondary N) is 2. The first kappa shape index (κ1) is 16.6. The van der Waals surface area contributed by atoms with E-state index in [0.29, 0.717) is 18.0 Å². The van der Waals surface area contributed by atoms with E-state index in [-0.39, 0.29) is 0 Å². The van der Waals surface area contributed by atoms with Gasteiger partial charge in [0.2, 0.25) is 0 Å². The van der Waals surface area contributed by atoms with E-state index in [1.54, 1.807) is 0 Å². The number of likely N-dealkylation sites (N-methyl/N-ethyl adjacent to an activating group) is 1. The molecule has 5 rings (SSSR count). The van der Waals surface area contributed by atoms with Gasteiger partial charge >= 0.3 is 0 Å². The highest BCUT2D eigenvalue weighted by Crippen LogP contribution is 2.43. The predicted octanol–water partition coefficient (Wildman–Crippen LogP) is 3.45. The molecular formula is C22H27N5. The van der Waals surface area contributed by atoms with Gasteiger partial charge in [-0.05, 0) is 49.2 Å². The summed E-state index contributed by atoms with van der Waals surface area (Å²) < 4.78 is 0. The average molecular weight is 361 g/mol. The molecular weight excluding hydrogens is 334 g/mol. The molecule has 0 bridgehead atoms. The third-order valence-electron chi connectivity index (χ3n) is 6.30. The molecule has 5 nitrogen and oxygen atoms in total. The summed E-state index contributed by atoms with van der Waals surface area (Å²) in [4.78, 5) is 12.6. The number of likely N-dealkylation sites (tertiary alicyclic amines) is 1. The predicted molar refractivity (Wildman–Crippen MR) is 112 cm³/mol. The molecule has 1 fully saturated rings. The highest BCUT2D eigenvalue weighted by molar-refractivity contribution is 5.88. The van der Waals surface area contributed by atoms with Gasteiger partial charge < -0.3 is 20.1 Å². The number of H-pyrrole nitrogens is 1. The number of nitrogens with zero attached hydrogens (tertiary/aromatic N) is 3. The molecule has 2 aromatic heterocycles. The zero-order chi connectivity index (χ0) is 18.5. The van der Waals surface area contributed by atoms with Crippen molar-refractivity contribution >= 4 is 22.4 Å². The average Bonchev–Trinajstić information content (AvgIpc) is 3.08. The molecule has 3 atom stereocenters. The van der Waals surface area contributed by atoms with Crippen LogP contribution in [-0.2, 0) is 6.42 Å². The number of anilines is 2. The third kappa shape index (κ3) is 2.77. The number of aromatic amines is 1. The van der Waals surface area contributed by atoms with Crippen molar-refractivity contribution in [2.45, 2.75) is 30.8 Å². The van der Waals surface area contributed by atoms with Crippen LogP contribution >= 0.6 is 0 Å². The van der Waals surface area contributed by atoms with Gasteiger partial charge in [-0.15, -0.1) is 0 Å². The van der Waals surface area contributed by atoms with Gasteiger partial charge in [-0.3, -0.25) is 0 Å². The van der Waals surface area contributed by atoms with Crippen molar-refractivity contribution < 1.29 is 0 Å². The lowest BCUT2D eigenvalue weighted by atomic mass is 9.74. The Balaban J connectivity index is 1.41. The van der Waals surface area contributed by atoms with Crippen LogP contribution in [0.4, 0.5) is 11.5 Å². The summed E-state index contributed by atoms with van der Waals surface area (Å²) in [7, 11) is 6.31. The van der Waals surface area contributed by atoms with E-state index >= 15 is 0 Å². The lowest BCUT2D eigenvalue weighted by Crippen LogP contribution is -2.51. The van der Waals surface area contributed by atoms with Gasteiger partial charge in [0.1, 0.15) is 5.82 Å². The van der Waals surface area contributed by atoms with Gasteiger partial charge in [-0.2, -0.15) is 0 Å². The largest absolute Gasteiger partial charge is 0.380 e. The Bertz CT molecular complexity index is 958. The molecule has 1 aliphatic carbocycles. The van der Waals surface area contributed by atoms with E-state index in [0.717, 1.165) is 30.9 Å². The molecule has 1 saturated heterocycles. The summed E-state index contributed by atoms with van der Waals surface area (Å²) in [6.07, 6.45) is 6.46. The number of aromatic nitrogens is 2. The van der Waals surface area contributed by atoms with Crippen molar-refractivity contribution in [1.82, 2.24) is 14.9 Å². The molecule has 0 radical (unpaired) electrons. The van der Waals surface area contributed by atoms with Crippen LogP contribution in [0.1, 0.15) is 23.5 Å². The summed E-state index contributed by atoms with van der Waals surface area (Å²) in [5.74, 6) is 1.56. The van der Waals surface area contributed by atoms with E-state index in [4.69, 9.17) is 0 Å². The van der Waals surface area contributed by atoms with Gasteiger partial charge in [-0.1, -0.05) is 12.1 Å². The van der Waals surface area contributed by atoms with Crippen molar-refractivity contribution in [2.75, 3.05) is 37.9 Å². The van der Waals surface area contributed by atoms with E-state index in [1.807, 2.05) is 25.2 Å². The first-order chi connectivity index (χ1) is 13.1. The maximum Gasteiger partial charge on any atom is 0.128 e. The van der Waals surface area contributed by atoms with Crippen molar-refractivity contribution in [2.24, 2.45) is 0 Å². The summed E-state index contributed by atoms with van der Waals surface area (Å²) in [5, 5.41) is 5.19. The smallest absolute Gasteiger partial charge is 0.128 e. The first-order valence-corrected chi connectivity index (χ1v) is 9.79. The topological polar surface area (TPSA) is 47.2 Å². The van der Waals surface area contributed by atoms with Gasteiger partial charge in [-0.25, -0.2) is 4.98 Å². The summed E-state index contributed by atoms with van der Waals surface area (Å²) in [6, 6.07) is 12.0. The molecule has 0 amide bonds. The Kier molecular flexibility index (Phi) is 3.86. The Morgan fingerprint density at radius 3 is 2.89 bits per heavy atom. The Labute approximate surface area is 160 Å². The van der Waals surface area contributed by atoms with Gasteiger partial charge in [0.25, 0.3) is 0 Å². The van der Waals surface area contributed by atoms with Crippen LogP contribution in [0.2, 0.25) is 0 Å². The van der Waals surface area contributed by atoms with Crippen LogP contribution in [-0.4, -0.2) is 54.6 Å². The molecule has 0 spiro atoms. The molecule has 3 heterocycles. The highest BCUT2D eigenvalue weighted by atomic mass is 15.2. The maximum absolute atomic E-state index is 4.54.